The van der Waals surface area contributed by atoms with Crippen LogP contribution in [0.25, 0.3) is 0 Å². The molecule has 3 nitrogen and oxygen atoms in total. The molecule has 0 aromatic heterocycles. The van der Waals surface area contributed by atoms with E-state index in [1.165, 1.54) is 18.9 Å². The lowest BCUT2D eigenvalue weighted by atomic mass is 10.1. The highest BCUT2D eigenvalue weighted by Crippen LogP contribution is 2.29. The second-order valence-electron chi connectivity index (χ2n) is 5.64. The number of halogens is 1. The van der Waals surface area contributed by atoms with E-state index < -0.39 is 6.10 Å². The van der Waals surface area contributed by atoms with Crippen LogP contribution < -0.4 is 4.90 Å². The molecule has 1 heterocycles. The second kappa shape index (κ2) is 5.10. The first-order valence-corrected chi connectivity index (χ1v) is 7.11. The van der Waals surface area contributed by atoms with Crippen molar-refractivity contribution in [3.05, 3.63) is 29.6 Å². The molecule has 104 valence electrons. The van der Waals surface area contributed by atoms with Crippen molar-refractivity contribution in [3.63, 3.8) is 0 Å². The van der Waals surface area contributed by atoms with Gasteiger partial charge in [0.25, 0.3) is 0 Å². The van der Waals surface area contributed by atoms with Gasteiger partial charge in [0, 0.05) is 32.2 Å². The van der Waals surface area contributed by atoms with Crippen LogP contribution in [-0.2, 0) is 0 Å². The van der Waals surface area contributed by atoms with Crippen LogP contribution in [-0.4, -0.2) is 42.2 Å². The minimum Gasteiger partial charge on any atom is -0.389 e. The summed E-state index contributed by atoms with van der Waals surface area (Å²) in [6.07, 6.45) is 2.05. The Labute approximate surface area is 113 Å². The molecule has 1 aromatic rings. The monoisotopic (exact) mass is 264 g/mol. The topological polar surface area (TPSA) is 26.7 Å². The van der Waals surface area contributed by atoms with E-state index in [4.69, 9.17) is 0 Å². The van der Waals surface area contributed by atoms with Crippen LogP contribution in [0.3, 0.4) is 0 Å². The highest BCUT2D eigenvalue weighted by molar-refractivity contribution is 5.50. The summed E-state index contributed by atoms with van der Waals surface area (Å²) < 4.78 is 14.1. The van der Waals surface area contributed by atoms with Crippen molar-refractivity contribution < 1.29 is 9.50 Å². The fraction of sp³-hybridized carbons (Fsp3) is 0.600. The Kier molecular flexibility index (Phi) is 3.46. The van der Waals surface area contributed by atoms with E-state index in [0.717, 1.165) is 32.2 Å². The van der Waals surface area contributed by atoms with E-state index in [9.17, 15) is 9.50 Å². The Morgan fingerprint density at radius 3 is 2.42 bits per heavy atom. The zero-order valence-corrected chi connectivity index (χ0v) is 11.3. The van der Waals surface area contributed by atoms with Gasteiger partial charge in [0.2, 0.25) is 0 Å². The van der Waals surface area contributed by atoms with E-state index in [2.05, 4.69) is 9.80 Å². The maximum Gasteiger partial charge on any atom is 0.146 e. The van der Waals surface area contributed by atoms with Gasteiger partial charge in [0.1, 0.15) is 5.82 Å². The van der Waals surface area contributed by atoms with Crippen LogP contribution in [0.1, 0.15) is 31.4 Å². The third kappa shape index (κ3) is 2.74. The molecule has 1 aromatic carbocycles. The van der Waals surface area contributed by atoms with Crippen LogP contribution >= 0.6 is 0 Å². The maximum atomic E-state index is 14.1. The predicted molar refractivity (Wildman–Crippen MR) is 73.8 cm³/mol. The lowest BCUT2D eigenvalue weighted by Gasteiger charge is -2.36. The number of piperazine rings is 1. The van der Waals surface area contributed by atoms with Crippen LogP contribution in [0.15, 0.2) is 18.2 Å². The molecule has 0 bridgehead atoms. The zero-order valence-electron chi connectivity index (χ0n) is 11.3. The fourth-order valence-corrected chi connectivity index (χ4v) is 2.81. The first-order valence-electron chi connectivity index (χ1n) is 7.11. The molecule has 3 rings (SSSR count). The molecule has 0 unspecified atom stereocenters. The predicted octanol–water partition coefficient (Wildman–Crippen LogP) is 2.16. The van der Waals surface area contributed by atoms with Crippen LogP contribution in [0.5, 0.6) is 0 Å². The first kappa shape index (κ1) is 12.9. The molecule has 1 aliphatic carbocycles. The lowest BCUT2D eigenvalue weighted by Crippen LogP contribution is -2.47. The van der Waals surface area contributed by atoms with E-state index in [0.29, 0.717) is 11.3 Å². The number of rotatable bonds is 3. The van der Waals surface area contributed by atoms with E-state index >= 15 is 0 Å². The molecule has 2 fully saturated rings. The molecule has 0 amide bonds. The van der Waals surface area contributed by atoms with Crippen molar-refractivity contribution in [2.75, 3.05) is 31.1 Å². The van der Waals surface area contributed by atoms with E-state index in [1.54, 1.807) is 13.0 Å². The minimum atomic E-state index is -0.615. The number of nitrogens with zero attached hydrogens (tertiary/aromatic N) is 2. The van der Waals surface area contributed by atoms with Crippen molar-refractivity contribution in [2.45, 2.75) is 31.9 Å². The smallest absolute Gasteiger partial charge is 0.146 e. The summed E-state index contributed by atoms with van der Waals surface area (Å²) in [5, 5.41) is 9.47. The number of aliphatic hydroxyl groups excluding tert-OH is 1. The molecule has 2 aliphatic rings. The van der Waals surface area contributed by atoms with Gasteiger partial charge in [0.05, 0.1) is 11.8 Å². The summed E-state index contributed by atoms with van der Waals surface area (Å²) in [5.41, 5.74) is 1.30. The van der Waals surface area contributed by atoms with Gasteiger partial charge in [-0.3, -0.25) is 4.90 Å². The number of aliphatic hydroxyl groups is 1. The Morgan fingerprint density at radius 2 is 1.89 bits per heavy atom. The Morgan fingerprint density at radius 1 is 1.21 bits per heavy atom. The molecule has 1 atom stereocenters. The molecular weight excluding hydrogens is 243 g/mol. The Bertz CT molecular complexity index is 451. The lowest BCUT2D eigenvalue weighted by molar-refractivity contribution is 0.199. The van der Waals surface area contributed by atoms with Gasteiger partial charge >= 0.3 is 0 Å². The SMILES string of the molecule is C[C@@H](O)c1ccc(N2CCN(C3CC3)CC2)c(F)c1. The largest absolute Gasteiger partial charge is 0.389 e. The average molecular weight is 264 g/mol. The molecular formula is C15H21FN2O. The molecule has 19 heavy (non-hydrogen) atoms. The zero-order chi connectivity index (χ0) is 13.4. The second-order valence-corrected chi connectivity index (χ2v) is 5.64. The third-order valence-corrected chi connectivity index (χ3v) is 4.17. The molecule has 1 saturated heterocycles. The number of anilines is 1. The molecule has 0 radical (unpaired) electrons. The van der Waals surface area contributed by atoms with Crippen molar-refractivity contribution >= 4 is 5.69 Å². The minimum absolute atomic E-state index is 0.224. The highest BCUT2D eigenvalue weighted by atomic mass is 19.1. The summed E-state index contributed by atoms with van der Waals surface area (Å²) >= 11 is 0. The summed E-state index contributed by atoms with van der Waals surface area (Å²) in [5.74, 6) is -0.224. The van der Waals surface area contributed by atoms with Crippen LogP contribution in [0.2, 0.25) is 0 Å². The van der Waals surface area contributed by atoms with E-state index in [1.807, 2.05) is 6.07 Å². The molecule has 1 aliphatic heterocycles. The standard InChI is InChI=1S/C15H21FN2O/c1-11(19)12-2-5-15(14(16)10-12)18-8-6-17(7-9-18)13-3-4-13/h2,5,10-11,13,19H,3-4,6-9H2,1H3/t11-/m1/s1. The summed E-state index contributed by atoms with van der Waals surface area (Å²) in [6, 6.07) is 5.86. The van der Waals surface area contributed by atoms with Crippen molar-refractivity contribution in [1.29, 1.82) is 0 Å². The summed E-state index contributed by atoms with van der Waals surface area (Å²) in [7, 11) is 0. The van der Waals surface area contributed by atoms with Gasteiger partial charge in [-0.25, -0.2) is 4.39 Å². The normalized spacial score (nSPS) is 22.6. The molecule has 4 heteroatoms. The molecule has 1 N–H and O–H groups in total. The first-order chi connectivity index (χ1) is 9.15. The van der Waals surface area contributed by atoms with Gasteiger partial charge in [0.15, 0.2) is 0 Å². The maximum absolute atomic E-state index is 14.1. The van der Waals surface area contributed by atoms with Gasteiger partial charge in [-0.15, -0.1) is 0 Å². The number of hydrogen-bond acceptors (Lipinski definition) is 3. The number of benzene rings is 1. The van der Waals surface area contributed by atoms with Gasteiger partial charge in [-0.2, -0.15) is 0 Å². The van der Waals surface area contributed by atoms with Crippen molar-refractivity contribution in [3.8, 4) is 0 Å². The van der Waals surface area contributed by atoms with Crippen molar-refractivity contribution in [2.24, 2.45) is 0 Å². The van der Waals surface area contributed by atoms with Crippen molar-refractivity contribution in [1.82, 2.24) is 4.90 Å². The molecule has 1 saturated carbocycles. The van der Waals surface area contributed by atoms with E-state index in [-0.39, 0.29) is 5.82 Å². The number of hydrogen-bond donors (Lipinski definition) is 1. The Hall–Kier alpha value is -1.13. The fourth-order valence-electron chi connectivity index (χ4n) is 2.81. The quantitative estimate of drug-likeness (QED) is 0.906. The van der Waals surface area contributed by atoms with Gasteiger partial charge in [-0.1, -0.05) is 6.07 Å². The Balaban J connectivity index is 1.69. The summed E-state index contributed by atoms with van der Waals surface area (Å²) in [6.45, 7) is 5.50. The van der Waals surface area contributed by atoms with Crippen LogP contribution in [0.4, 0.5) is 10.1 Å². The van der Waals surface area contributed by atoms with Gasteiger partial charge < -0.3 is 10.0 Å². The highest BCUT2D eigenvalue weighted by Gasteiger charge is 2.31. The third-order valence-electron chi connectivity index (χ3n) is 4.17. The molecule has 0 spiro atoms. The average Bonchev–Trinajstić information content (AvgIpc) is 3.23. The summed E-state index contributed by atoms with van der Waals surface area (Å²) in [4.78, 5) is 4.62. The van der Waals surface area contributed by atoms with Gasteiger partial charge in [-0.05, 0) is 37.5 Å². The van der Waals surface area contributed by atoms with Crippen LogP contribution in [0, 0.1) is 5.82 Å².